The molecule has 0 fully saturated rings. The molecule has 0 saturated carbocycles. The monoisotopic (exact) mass is 692 g/mol. The quantitative estimate of drug-likeness (QED) is 0.153. The van der Waals surface area contributed by atoms with Crippen molar-refractivity contribution in [3.63, 3.8) is 0 Å². The van der Waals surface area contributed by atoms with Crippen molar-refractivity contribution in [1.82, 2.24) is 0 Å². The van der Waals surface area contributed by atoms with Gasteiger partial charge in [-0.3, -0.25) is 0 Å². The van der Waals surface area contributed by atoms with Gasteiger partial charge in [-0.05, 0) is 93.4 Å². The van der Waals surface area contributed by atoms with E-state index in [0.717, 1.165) is 32.3 Å². The molecule has 0 bridgehead atoms. The van der Waals surface area contributed by atoms with Crippen LogP contribution >= 0.6 is 0 Å². The van der Waals surface area contributed by atoms with E-state index in [2.05, 4.69) is 45.9 Å². The van der Waals surface area contributed by atoms with E-state index in [0.29, 0.717) is 51.7 Å². The summed E-state index contributed by atoms with van der Waals surface area (Å²) in [5, 5.41) is 2.81. The standard InChI is InChI=1S/C39H52O9Si/c1-20-21(2)23(4)39(22(20)3)49(30-17-27(40-8)33(43-11)24(5)36(30)46-14,31-18-28(41-9)34(44-12)25(6)37(31)47-15)32-19-29(42-10)35(45-13)26(7)38(32)48-16/h17-19,39H,1-16H3. The first kappa shape index (κ1) is 37.4. The van der Waals surface area contributed by atoms with Gasteiger partial charge in [0.25, 0.3) is 0 Å². The average molecular weight is 693 g/mol. The van der Waals surface area contributed by atoms with Crippen molar-refractivity contribution in [3.05, 3.63) is 57.2 Å². The van der Waals surface area contributed by atoms with Gasteiger partial charge in [-0.2, -0.15) is 0 Å². The highest BCUT2D eigenvalue weighted by molar-refractivity contribution is 7.14. The molecule has 0 radical (unpaired) electrons. The van der Waals surface area contributed by atoms with E-state index in [-0.39, 0.29) is 5.54 Å². The van der Waals surface area contributed by atoms with E-state index in [4.69, 9.17) is 42.6 Å². The van der Waals surface area contributed by atoms with Crippen LogP contribution < -0.4 is 58.2 Å². The van der Waals surface area contributed by atoms with Gasteiger partial charge >= 0.3 is 0 Å². The van der Waals surface area contributed by atoms with Crippen LogP contribution in [0, 0.1) is 20.8 Å². The topological polar surface area (TPSA) is 83.1 Å². The molecular formula is C39H52O9Si. The first-order chi connectivity index (χ1) is 23.4. The maximum atomic E-state index is 6.43. The first-order valence-corrected chi connectivity index (χ1v) is 18.2. The lowest BCUT2D eigenvalue weighted by Gasteiger charge is -2.43. The molecule has 9 nitrogen and oxygen atoms in total. The molecule has 1 aliphatic rings. The highest BCUT2D eigenvalue weighted by atomic mass is 28.3. The molecule has 0 unspecified atom stereocenters. The zero-order valence-electron chi connectivity index (χ0n) is 32.0. The molecule has 3 aromatic carbocycles. The van der Waals surface area contributed by atoms with Crippen molar-refractivity contribution in [2.24, 2.45) is 0 Å². The number of hydrogen-bond donors (Lipinski definition) is 0. The van der Waals surface area contributed by atoms with Gasteiger partial charge in [0.05, 0.1) is 64.0 Å². The van der Waals surface area contributed by atoms with Crippen LogP contribution in [-0.4, -0.2) is 72.1 Å². The molecular weight excluding hydrogens is 641 g/mol. The normalized spacial score (nSPS) is 13.5. The Bertz CT molecular complexity index is 1630. The van der Waals surface area contributed by atoms with Crippen LogP contribution in [0.4, 0.5) is 0 Å². The number of benzene rings is 3. The second-order valence-corrected chi connectivity index (χ2v) is 16.1. The molecule has 4 rings (SSSR count). The van der Waals surface area contributed by atoms with Gasteiger partial charge in [0.15, 0.2) is 42.6 Å². The zero-order chi connectivity index (χ0) is 36.5. The third kappa shape index (κ3) is 5.44. The third-order valence-electron chi connectivity index (χ3n) is 10.5. The molecule has 49 heavy (non-hydrogen) atoms. The minimum Gasteiger partial charge on any atom is -0.496 e. The molecule has 0 aliphatic heterocycles. The van der Waals surface area contributed by atoms with Gasteiger partial charge < -0.3 is 42.6 Å². The molecule has 0 N–H and O–H groups in total. The van der Waals surface area contributed by atoms with Gasteiger partial charge in [-0.25, -0.2) is 0 Å². The smallest absolute Gasteiger partial charge is 0.173 e. The van der Waals surface area contributed by atoms with E-state index in [1.54, 1.807) is 64.0 Å². The Morgan fingerprint density at radius 3 is 0.816 bits per heavy atom. The van der Waals surface area contributed by atoms with E-state index >= 15 is 0 Å². The van der Waals surface area contributed by atoms with Crippen LogP contribution in [-0.2, 0) is 0 Å². The number of ether oxygens (including phenoxy) is 9. The average Bonchev–Trinajstić information content (AvgIpc) is 3.29. The molecule has 0 spiro atoms. The Labute approximate surface area is 292 Å². The fourth-order valence-corrected chi connectivity index (χ4v) is 14.6. The number of hydrogen-bond acceptors (Lipinski definition) is 9. The molecule has 0 amide bonds. The predicted molar refractivity (Wildman–Crippen MR) is 198 cm³/mol. The largest absolute Gasteiger partial charge is 0.496 e. The van der Waals surface area contributed by atoms with Gasteiger partial charge in [0.1, 0.15) is 17.2 Å². The van der Waals surface area contributed by atoms with Crippen molar-refractivity contribution in [3.8, 4) is 51.7 Å². The Balaban J connectivity index is 2.57. The molecule has 266 valence electrons. The summed E-state index contributed by atoms with van der Waals surface area (Å²) in [6.45, 7) is 14.8. The Morgan fingerprint density at radius 1 is 0.367 bits per heavy atom. The van der Waals surface area contributed by atoms with E-state index in [1.165, 1.54) is 22.3 Å². The zero-order valence-corrected chi connectivity index (χ0v) is 33.0. The van der Waals surface area contributed by atoms with Crippen LogP contribution in [0.5, 0.6) is 51.7 Å². The number of rotatable bonds is 13. The van der Waals surface area contributed by atoms with E-state index in [9.17, 15) is 0 Å². The maximum absolute atomic E-state index is 6.43. The SMILES string of the molecule is COc1cc([Si](c2cc(OC)c(OC)c(C)c2OC)(c2cc(OC)c(OC)c(C)c2OC)C2C(C)=C(C)C(C)=C2C)c(OC)c(C)c1OC. The highest BCUT2D eigenvalue weighted by Gasteiger charge is 2.56. The summed E-state index contributed by atoms with van der Waals surface area (Å²) in [5.74, 6) is 5.54. The van der Waals surface area contributed by atoms with Crippen molar-refractivity contribution in [2.45, 2.75) is 54.0 Å². The maximum Gasteiger partial charge on any atom is 0.173 e. The Morgan fingerprint density at radius 2 is 0.612 bits per heavy atom. The fourth-order valence-electron chi connectivity index (χ4n) is 8.04. The summed E-state index contributed by atoms with van der Waals surface area (Å²) >= 11 is 0. The van der Waals surface area contributed by atoms with Crippen LogP contribution in [0.2, 0.25) is 5.54 Å². The van der Waals surface area contributed by atoms with E-state index in [1.807, 2.05) is 20.8 Å². The van der Waals surface area contributed by atoms with Gasteiger partial charge in [-0.1, -0.05) is 11.1 Å². The van der Waals surface area contributed by atoms with Crippen LogP contribution in [0.1, 0.15) is 44.4 Å². The Kier molecular flexibility index (Phi) is 11.1. The van der Waals surface area contributed by atoms with Crippen molar-refractivity contribution in [2.75, 3.05) is 64.0 Å². The number of methoxy groups -OCH3 is 9. The fraction of sp³-hybridized carbons (Fsp3) is 0.436. The van der Waals surface area contributed by atoms with Gasteiger partial charge in [0.2, 0.25) is 0 Å². The molecule has 3 aromatic rings. The summed E-state index contributed by atoms with van der Waals surface area (Å²) in [4.78, 5) is 0. The van der Waals surface area contributed by atoms with Crippen LogP contribution in [0.15, 0.2) is 40.5 Å². The molecule has 0 atom stereocenters. The molecule has 1 aliphatic carbocycles. The molecule has 10 heteroatoms. The number of allylic oxidation sites excluding steroid dienone is 4. The molecule has 0 aromatic heterocycles. The van der Waals surface area contributed by atoms with Gasteiger partial charge in [0, 0.05) is 22.2 Å². The summed E-state index contributed by atoms with van der Waals surface area (Å²) in [6.07, 6.45) is 0. The van der Waals surface area contributed by atoms with Crippen molar-refractivity contribution >= 4 is 23.6 Å². The van der Waals surface area contributed by atoms with Crippen molar-refractivity contribution in [1.29, 1.82) is 0 Å². The lowest BCUT2D eigenvalue weighted by atomic mass is 10.1. The highest BCUT2D eigenvalue weighted by Crippen LogP contribution is 2.52. The lowest BCUT2D eigenvalue weighted by molar-refractivity contribution is 0.346. The van der Waals surface area contributed by atoms with Gasteiger partial charge in [-0.15, -0.1) is 0 Å². The lowest BCUT2D eigenvalue weighted by Crippen LogP contribution is -2.71. The summed E-state index contributed by atoms with van der Waals surface area (Å²) in [6, 6.07) is 6.20. The second-order valence-electron chi connectivity index (χ2n) is 12.3. The first-order valence-electron chi connectivity index (χ1n) is 16.1. The third-order valence-corrected chi connectivity index (χ3v) is 15.9. The van der Waals surface area contributed by atoms with Crippen LogP contribution in [0.3, 0.4) is 0 Å². The molecule has 0 heterocycles. The second kappa shape index (κ2) is 14.6. The minimum absolute atomic E-state index is 0.142. The predicted octanol–water partition coefficient (Wildman–Crippen LogP) is 6.22. The Hall–Kier alpha value is -4.44. The summed E-state index contributed by atoms with van der Waals surface area (Å²) in [5.41, 5.74) is 7.22. The molecule has 0 saturated heterocycles. The summed E-state index contributed by atoms with van der Waals surface area (Å²) < 4.78 is 55.3. The van der Waals surface area contributed by atoms with Crippen molar-refractivity contribution < 1.29 is 42.6 Å². The summed E-state index contributed by atoms with van der Waals surface area (Å²) in [7, 11) is 11.3. The van der Waals surface area contributed by atoms with Crippen LogP contribution in [0.25, 0.3) is 0 Å². The minimum atomic E-state index is -3.64. The van der Waals surface area contributed by atoms with E-state index < -0.39 is 8.07 Å².